The molecular formula is C29H27N3O3. The minimum atomic E-state index is -0.300. The summed E-state index contributed by atoms with van der Waals surface area (Å²) in [6, 6.07) is 22.7. The number of benzene rings is 2. The van der Waals surface area contributed by atoms with Gasteiger partial charge in [-0.1, -0.05) is 54.5 Å². The molecule has 0 radical (unpaired) electrons. The Kier molecular flexibility index (Phi) is 6.35. The summed E-state index contributed by atoms with van der Waals surface area (Å²) >= 11 is 0. The average Bonchev–Trinajstić information content (AvgIpc) is 3.17. The second-order valence-corrected chi connectivity index (χ2v) is 8.97. The molecule has 1 N–H and O–H groups in total. The Balaban J connectivity index is 1.36. The zero-order valence-electron chi connectivity index (χ0n) is 19.6. The first-order chi connectivity index (χ1) is 17.1. The molecule has 6 heteroatoms. The van der Waals surface area contributed by atoms with Crippen molar-refractivity contribution in [2.45, 2.75) is 30.4 Å². The van der Waals surface area contributed by atoms with Gasteiger partial charge in [-0.2, -0.15) is 0 Å². The van der Waals surface area contributed by atoms with Gasteiger partial charge in [0.25, 0.3) is 11.8 Å². The number of pyridine rings is 1. The molecule has 2 heterocycles. The second-order valence-electron chi connectivity index (χ2n) is 8.97. The zero-order chi connectivity index (χ0) is 24.3. The van der Waals surface area contributed by atoms with E-state index >= 15 is 0 Å². The fraction of sp³-hybridized carbons (Fsp3) is 0.276. The number of fused-ring (bicyclic) bond motifs is 2. The normalized spacial score (nSPS) is 20.0. The molecule has 35 heavy (non-hydrogen) atoms. The van der Waals surface area contributed by atoms with Crippen molar-refractivity contribution in [3.05, 3.63) is 101 Å². The smallest absolute Gasteiger partial charge is 0.298 e. The molecular weight excluding hydrogens is 438 g/mol. The number of methoxy groups -OCH3 is 1. The Bertz CT molecular complexity index is 1270. The lowest BCUT2D eigenvalue weighted by Gasteiger charge is -2.43. The van der Waals surface area contributed by atoms with Crippen LogP contribution in [0.1, 0.15) is 46.1 Å². The van der Waals surface area contributed by atoms with Crippen molar-refractivity contribution < 1.29 is 14.3 Å². The standard InChI is InChI=1S/C29H27N3O3/c1-35-27-26(31-28(34)24-13-7-8-18-30-24)22-11-5-6-12-23(22)29(27)16-19-32(20-17-29)25(33)15-14-21-9-3-2-4-10-21/h2-13,18,26-27H,16-17,19-20H2,1H3,(H,31,34)/t26-,27+/m0/s1. The number of piperidine rings is 1. The number of carbonyl (C=O) groups excluding carboxylic acids is 2. The van der Waals surface area contributed by atoms with Crippen LogP contribution in [-0.4, -0.2) is 48.0 Å². The summed E-state index contributed by atoms with van der Waals surface area (Å²) in [5.74, 6) is 5.36. The van der Waals surface area contributed by atoms with Crippen LogP contribution in [0.15, 0.2) is 79.0 Å². The highest BCUT2D eigenvalue weighted by Gasteiger charge is 2.54. The van der Waals surface area contributed by atoms with Crippen LogP contribution < -0.4 is 5.32 Å². The molecule has 2 aromatic carbocycles. The van der Waals surface area contributed by atoms with Crippen molar-refractivity contribution in [2.24, 2.45) is 0 Å². The van der Waals surface area contributed by atoms with Gasteiger partial charge in [0, 0.05) is 43.3 Å². The Labute approximate surface area is 205 Å². The number of rotatable bonds is 3. The van der Waals surface area contributed by atoms with E-state index in [0.29, 0.717) is 18.8 Å². The second kappa shape index (κ2) is 9.73. The molecule has 176 valence electrons. The van der Waals surface area contributed by atoms with Crippen molar-refractivity contribution in [3.63, 3.8) is 0 Å². The molecule has 1 aliphatic carbocycles. The van der Waals surface area contributed by atoms with Crippen molar-refractivity contribution >= 4 is 11.8 Å². The highest BCUT2D eigenvalue weighted by atomic mass is 16.5. The van der Waals surface area contributed by atoms with Gasteiger partial charge in [-0.15, -0.1) is 0 Å². The fourth-order valence-corrected chi connectivity index (χ4v) is 5.47. The van der Waals surface area contributed by atoms with Crippen LogP contribution in [0.2, 0.25) is 0 Å². The van der Waals surface area contributed by atoms with Crippen LogP contribution in [0.5, 0.6) is 0 Å². The Morgan fingerprint density at radius 1 is 1.00 bits per heavy atom. The van der Waals surface area contributed by atoms with Gasteiger partial charge in [0.15, 0.2) is 0 Å². The highest BCUT2D eigenvalue weighted by molar-refractivity contribution is 5.94. The number of hydrogen-bond acceptors (Lipinski definition) is 4. The van der Waals surface area contributed by atoms with E-state index in [0.717, 1.165) is 24.0 Å². The van der Waals surface area contributed by atoms with Crippen LogP contribution in [-0.2, 0) is 14.9 Å². The SMILES string of the molecule is CO[C@@H]1[C@@H](NC(=O)c2ccccn2)c2ccccc2C12CCN(C(=O)C#Cc1ccccc1)CC2. The van der Waals surface area contributed by atoms with Gasteiger partial charge >= 0.3 is 0 Å². The summed E-state index contributed by atoms with van der Waals surface area (Å²) in [7, 11) is 1.70. The molecule has 1 saturated heterocycles. The summed E-state index contributed by atoms with van der Waals surface area (Å²) < 4.78 is 6.07. The van der Waals surface area contributed by atoms with Gasteiger partial charge in [0.1, 0.15) is 5.69 Å². The third-order valence-corrected chi connectivity index (χ3v) is 7.15. The minimum Gasteiger partial charge on any atom is -0.378 e. The van der Waals surface area contributed by atoms with E-state index in [1.54, 1.807) is 31.5 Å². The number of amides is 2. The first kappa shape index (κ1) is 22.8. The topological polar surface area (TPSA) is 71.5 Å². The van der Waals surface area contributed by atoms with E-state index in [-0.39, 0.29) is 29.4 Å². The van der Waals surface area contributed by atoms with E-state index in [9.17, 15) is 9.59 Å². The molecule has 6 nitrogen and oxygen atoms in total. The Morgan fingerprint density at radius 3 is 2.43 bits per heavy atom. The minimum absolute atomic E-state index is 0.163. The maximum absolute atomic E-state index is 13.0. The molecule has 5 rings (SSSR count). The monoisotopic (exact) mass is 465 g/mol. The van der Waals surface area contributed by atoms with E-state index in [1.165, 1.54) is 5.56 Å². The molecule has 1 aromatic heterocycles. The molecule has 0 saturated carbocycles. The number of nitrogens with one attached hydrogen (secondary N) is 1. The van der Waals surface area contributed by atoms with Crippen molar-refractivity contribution in [1.82, 2.24) is 15.2 Å². The lowest BCUT2D eigenvalue weighted by molar-refractivity contribution is -0.127. The summed E-state index contributed by atoms with van der Waals surface area (Å²) in [6.45, 7) is 1.16. The molecule has 2 amide bonds. The fourth-order valence-electron chi connectivity index (χ4n) is 5.47. The first-order valence-electron chi connectivity index (χ1n) is 11.8. The van der Waals surface area contributed by atoms with Crippen molar-refractivity contribution in [1.29, 1.82) is 0 Å². The number of aromatic nitrogens is 1. The third-order valence-electron chi connectivity index (χ3n) is 7.15. The average molecular weight is 466 g/mol. The maximum atomic E-state index is 13.0. The van der Waals surface area contributed by atoms with Crippen LogP contribution >= 0.6 is 0 Å². The van der Waals surface area contributed by atoms with Crippen LogP contribution in [0.25, 0.3) is 0 Å². The molecule has 2 atom stereocenters. The van der Waals surface area contributed by atoms with Gasteiger partial charge in [0.05, 0.1) is 12.1 Å². The molecule has 1 spiro atoms. The molecule has 1 aliphatic heterocycles. The van der Waals surface area contributed by atoms with Crippen molar-refractivity contribution in [2.75, 3.05) is 20.2 Å². The van der Waals surface area contributed by atoms with Gasteiger partial charge in [-0.25, -0.2) is 0 Å². The quantitative estimate of drug-likeness (QED) is 0.601. The zero-order valence-corrected chi connectivity index (χ0v) is 19.6. The lowest BCUT2D eigenvalue weighted by atomic mass is 9.72. The molecule has 1 fully saturated rings. The Morgan fingerprint density at radius 2 is 1.71 bits per heavy atom. The highest BCUT2D eigenvalue weighted by Crippen LogP contribution is 2.52. The van der Waals surface area contributed by atoms with Crippen molar-refractivity contribution in [3.8, 4) is 11.8 Å². The van der Waals surface area contributed by atoms with Gasteiger partial charge in [-0.05, 0) is 48.2 Å². The predicted octanol–water partition coefficient (Wildman–Crippen LogP) is 3.49. The van der Waals surface area contributed by atoms with E-state index in [1.807, 2.05) is 47.4 Å². The number of ether oxygens (including phenoxy) is 1. The van der Waals surface area contributed by atoms with Crippen LogP contribution in [0, 0.1) is 11.8 Å². The summed E-state index contributed by atoms with van der Waals surface area (Å²) in [5.41, 5.74) is 3.15. The van der Waals surface area contributed by atoms with Gasteiger partial charge < -0.3 is 15.0 Å². The lowest BCUT2D eigenvalue weighted by Crippen LogP contribution is -2.51. The maximum Gasteiger partial charge on any atom is 0.298 e. The van der Waals surface area contributed by atoms with E-state index < -0.39 is 0 Å². The number of carbonyl (C=O) groups is 2. The van der Waals surface area contributed by atoms with E-state index in [2.05, 4.69) is 34.3 Å². The summed E-state index contributed by atoms with van der Waals surface area (Å²) in [6.07, 6.45) is 2.83. The van der Waals surface area contributed by atoms with Gasteiger partial charge in [0.2, 0.25) is 0 Å². The predicted molar refractivity (Wildman–Crippen MR) is 132 cm³/mol. The molecule has 2 aliphatic rings. The first-order valence-corrected chi connectivity index (χ1v) is 11.8. The van der Waals surface area contributed by atoms with E-state index in [4.69, 9.17) is 4.74 Å². The molecule has 3 aromatic rings. The van der Waals surface area contributed by atoms with Crippen LogP contribution in [0.3, 0.4) is 0 Å². The molecule has 0 bridgehead atoms. The summed E-state index contributed by atoms with van der Waals surface area (Å²) in [4.78, 5) is 31.8. The number of likely N-dealkylation sites (tertiary alicyclic amines) is 1. The summed E-state index contributed by atoms with van der Waals surface area (Å²) in [5, 5.41) is 3.17. The Hall–Kier alpha value is -3.95. The largest absolute Gasteiger partial charge is 0.378 e. The van der Waals surface area contributed by atoms with Gasteiger partial charge in [-0.3, -0.25) is 14.6 Å². The van der Waals surface area contributed by atoms with Crippen LogP contribution in [0.4, 0.5) is 0 Å². The number of nitrogens with zero attached hydrogens (tertiary/aromatic N) is 2. The molecule has 0 unspecified atom stereocenters. The number of hydrogen-bond donors (Lipinski definition) is 1. The third kappa shape index (κ3) is 4.31.